The van der Waals surface area contributed by atoms with Crippen LogP contribution in [0.3, 0.4) is 0 Å². The zero-order chi connectivity index (χ0) is 20.1. The molecule has 29 heavy (non-hydrogen) atoms. The molecule has 0 aliphatic carbocycles. The van der Waals surface area contributed by atoms with Gasteiger partial charge in [-0.25, -0.2) is 4.68 Å². The molecule has 1 aromatic heterocycles. The Hall–Kier alpha value is -3.99. The zero-order valence-electron chi connectivity index (χ0n) is 15.7. The lowest BCUT2D eigenvalue weighted by molar-refractivity contribution is -0.117. The molecule has 4 rings (SSSR count). The Morgan fingerprint density at radius 2 is 1.38 bits per heavy atom. The molecule has 0 spiro atoms. The largest absolute Gasteiger partial charge is 0.324 e. The minimum Gasteiger partial charge on any atom is -0.324 e. The van der Waals surface area contributed by atoms with Gasteiger partial charge in [-0.05, 0) is 17.7 Å². The van der Waals surface area contributed by atoms with Crippen LogP contribution in [0.15, 0.2) is 102 Å². The van der Waals surface area contributed by atoms with Gasteiger partial charge in [-0.1, -0.05) is 78.9 Å². The highest BCUT2D eigenvalue weighted by atomic mass is 16.2. The molecule has 0 saturated heterocycles. The van der Waals surface area contributed by atoms with E-state index in [9.17, 15) is 9.59 Å². The summed E-state index contributed by atoms with van der Waals surface area (Å²) in [6, 6.07) is 30.0. The van der Waals surface area contributed by atoms with Crippen LogP contribution in [0.25, 0.3) is 22.4 Å². The van der Waals surface area contributed by atoms with Crippen LogP contribution in [0.1, 0.15) is 0 Å². The molecule has 0 aliphatic rings. The molecule has 0 unspecified atom stereocenters. The molecular weight excluding hydrogens is 362 g/mol. The summed E-state index contributed by atoms with van der Waals surface area (Å²) in [7, 11) is 0. The van der Waals surface area contributed by atoms with E-state index in [4.69, 9.17) is 0 Å². The Morgan fingerprint density at radius 3 is 2.10 bits per heavy atom. The smallest absolute Gasteiger partial charge is 0.267 e. The van der Waals surface area contributed by atoms with Crippen molar-refractivity contribution < 1.29 is 4.79 Å². The summed E-state index contributed by atoms with van der Waals surface area (Å²) < 4.78 is 1.18. The van der Waals surface area contributed by atoms with Gasteiger partial charge in [0.25, 0.3) is 5.56 Å². The second-order valence-corrected chi connectivity index (χ2v) is 6.54. The number of benzene rings is 3. The number of nitrogens with zero attached hydrogens (tertiary/aromatic N) is 2. The first-order chi connectivity index (χ1) is 14.2. The summed E-state index contributed by atoms with van der Waals surface area (Å²) in [5.74, 6) is -0.312. The van der Waals surface area contributed by atoms with Crippen molar-refractivity contribution >= 4 is 11.6 Å². The van der Waals surface area contributed by atoms with Crippen LogP contribution in [0.5, 0.6) is 0 Å². The van der Waals surface area contributed by atoms with E-state index in [0.717, 1.165) is 16.7 Å². The first-order valence-corrected chi connectivity index (χ1v) is 9.28. The fourth-order valence-electron chi connectivity index (χ4n) is 3.11. The molecule has 0 aliphatic heterocycles. The first kappa shape index (κ1) is 18.4. The lowest BCUT2D eigenvalue weighted by atomic mass is 10.0. The summed E-state index contributed by atoms with van der Waals surface area (Å²) in [5.41, 5.74) is 3.82. The van der Waals surface area contributed by atoms with Crippen LogP contribution >= 0.6 is 0 Å². The molecule has 142 valence electrons. The molecule has 3 aromatic carbocycles. The molecular formula is C24H19N3O2. The Bertz CT molecular complexity index is 1190. The third-order valence-corrected chi connectivity index (χ3v) is 4.52. The summed E-state index contributed by atoms with van der Waals surface area (Å²) in [5, 5.41) is 7.25. The van der Waals surface area contributed by atoms with Gasteiger partial charge in [0, 0.05) is 22.9 Å². The van der Waals surface area contributed by atoms with Crippen LogP contribution in [0, 0.1) is 0 Å². The predicted molar refractivity (Wildman–Crippen MR) is 114 cm³/mol. The Kier molecular flexibility index (Phi) is 5.29. The third kappa shape index (κ3) is 4.30. The van der Waals surface area contributed by atoms with Gasteiger partial charge >= 0.3 is 0 Å². The van der Waals surface area contributed by atoms with E-state index >= 15 is 0 Å². The first-order valence-electron chi connectivity index (χ1n) is 9.28. The number of anilines is 1. The number of carbonyl (C=O) groups is 1. The molecule has 1 heterocycles. The molecule has 0 saturated carbocycles. The quantitative estimate of drug-likeness (QED) is 0.563. The van der Waals surface area contributed by atoms with Gasteiger partial charge in [0.15, 0.2) is 0 Å². The van der Waals surface area contributed by atoms with Gasteiger partial charge in [0.1, 0.15) is 6.54 Å². The monoisotopic (exact) mass is 381 g/mol. The summed E-state index contributed by atoms with van der Waals surface area (Å²) >= 11 is 0. The van der Waals surface area contributed by atoms with Gasteiger partial charge < -0.3 is 5.32 Å². The lowest BCUT2D eigenvalue weighted by Gasteiger charge is -2.12. The maximum absolute atomic E-state index is 12.7. The van der Waals surface area contributed by atoms with Crippen LogP contribution in [0.4, 0.5) is 5.69 Å². The Morgan fingerprint density at radius 1 is 0.759 bits per heavy atom. The standard InChI is InChI=1S/C24H19N3O2/c28-23(25-22-14-8-7-13-20(22)18-9-3-1-4-10-18)17-27-24(29)16-15-21(26-27)19-11-5-2-6-12-19/h1-16H,17H2,(H,25,28). The van der Waals surface area contributed by atoms with Crippen LogP contribution in [-0.2, 0) is 11.3 Å². The average Bonchev–Trinajstić information content (AvgIpc) is 2.77. The van der Waals surface area contributed by atoms with Crippen molar-refractivity contribution in [3.8, 4) is 22.4 Å². The fourth-order valence-corrected chi connectivity index (χ4v) is 3.11. The van der Waals surface area contributed by atoms with Crippen LogP contribution in [0.2, 0.25) is 0 Å². The number of para-hydroxylation sites is 1. The van der Waals surface area contributed by atoms with E-state index in [0.29, 0.717) is 11.4 Å². The van der Waals surface area contributed by atoms with E-state index in [1.165, 1.54) is 10.7 Å². The van der Waals surface area contributed by atoms with Crippen molar-refractivity contribution in [3.05, 3.63) is 107 Å². The SMILES string of the molecule is O=C(Cn1nc(-c2ccccc2)ccc1=O)Nc1ccccc1-c1ccccc1. The van der Waals surface area contributed by atoms with Gasteiger partial charge in [0.05, 0.1) is 5.69 Å². The molecule has 5 heteroatoms. The van der Waals surface area contributed by atoms with Crippen molar-refractivity contribution in [2.75, 3.05) is 5.32 Å². The normalized spacial score (nSPS) is 10.5. The van der Waals surface area contributed by atoms with E-state index in [1.54, 1.807) is 6.07 Å². The molecule has 0 atom stereocenters. The van der Waals surface area contributed by atoms with Crippen molar-refractivity contribution in [1.82, 2.24) is 9.78 Å². The van der Waals surface area contributed by atoms with Gasteiger partial charge in [0.2, 0.25) is 5.91 Å². The Labute approximate surface area is 168 Å². The fraction of sp³-hybridized carbons (Fsp3) is 0.0417. The average molecular weight is 381 g/mol. The highest BCUT2D eigenvalue weighted by Crippen LogP contribution is 2.27. The van der Waals surface area contributed by atoms with Gasteiger partial charge in [-0.15, -0.1) is 0 Å². The maximum atomic E-state index is 12.7. The van der Waals surface area contributed by atoms with Crippen LogP contribution in [-0.4, -0.2) is 15.7 Å². The Balaban J connectivity index is 1.57. The number of rotatable bonds is 5. The van der Waals surface area contributed by atoms with Crippen molar-refractivity contribution in [1.29, 1.82) is 0 Å². The molecule has 1 amide bonds. The van der Waals surface area contributed by atoms with E-state index < -0.39 is 0 Å². The topological polar surface area (TPSA) is 64.0 Å². The summed E-state index contributed by atoms with van der Waals surface area (Å²) in [6.45, 7) is -0.164. The number of hydrogen-bond donors (Lipinski definition) is 1. The number of amides is 1. The van der Waals surface area contributed by atoms with Crippen molar-refractivity contribution in [2.45, 2.75) is 6.54 Å². The highest BCUT2D eigenvalue weighted by molar-refractivity contribution is 5.95. The van der Waals surface area contributed by atoms with Crippen LogP contribution < -0.4 is 10.9 Å². The number of carbonyl (C=O) groups excluding carboxylic acids is 1. The zero-order valence-corrected chi connectivity index (χ0v) is 15.7. The predicted octanol–water partition coefficient (Wildman–Crippen LogP) is 4.22. The number of nitrogens with one attached hydrogen (secondary N) is 1. The minimum atomic E-state index is -0.323. The second kappa shape index (κ2) is 8.35. The number of aromatic nitrogens is 2. The highest BCUT2D eigenvalue weighted by Gasteiger charge is 2.11. The maximum Gasteiger partial charge on any atom is 0.267 e. The van der Waals surface area contributed by atoms with E-state index in [2.05, 4.69) is 10.4 Å². The molecule has 5 nitrogen and oxygen atoms in total. The molecule has 0 bridgehead atoms. The van der Waals surface area contributed by atoms with Crippen molar-refractivity contribution in [2.24, 2.45) is 0 Å². The summed E-state index contributed by atoms with van der Waals surface area (Å²) in [4.78, 5) is 24.9. The lowest BCUT2D eigenvalue weighted by Crippen LogP contribution is -2.29. The van der Waals surface area contributed by atoms with E-state index in [1.807, 2.05) is 84.9 Å². The van der Waals surface area contributed by atoms with Gasteiger partial charge in [-0.3, -0.25) is 9.59 Å². The summed E-state index contributed by atoms with van der Waals surface area (Å²) in [6.07, 6.45) is 0. The second-order valence-electron chi connectivity index (χ2n) is 6.54. The third-order valence-electron chi connectivity index (χ3n) is 4.52. The minimum absolute atomic E-state index is 0.164. The van der Waals surface area contributed by atoms with Crippen molar-refractivity contribution in [3.63, 3.8) is 0 Å². The molecule has 4 aromatic rings. The number of hydrogen-bond acceptors (Lipinski definition) is 3. The molecule has 1 N–H and O–H groups in total. The van der Waals surface area contributed by atoms with Gasteiger partial charge in [-0.2, -0.15) is 5.10 Å². The molecule has 0 radical (unpaired) electrons. The van der Waals surface area contributed by atoms with E-state index in [-0.39, 0.29) is 18.0 Å². The molecule has 0 fully saturated rings.